The number of H-pyrrole nitrogens is 4. The molecule has 0 saturated carbocycles. The van der Waals surface area contributed by atoms with Crippen molar-refractivity contribution in [3.8, 4) is 12.0 Å². The molecule has 2 rings (SSSR count). The fourth-order valence-electron chi connectivity index (χ4n) is 0.749. The van der Waals surface area contributed by atoms with Gasteiger partial charge in [0.2, 0.25) is 0 Å². The monoisotopic (exact) mass is 280 g/mol. The molecule has 0 aliphatic heterocycles. The number of hydrogen-bond acceptors (Lipinski definition) is 8. The molecule has 0 fully saturated rings. The molecule has 0 bridgehead atoms. The Morgan fingerprint density at radius 2 is 1.16 bits per heavy atom. The number of hydrogen-bond donors (Lipinski definition) is 4. The van der Waals surface area contributed by atoms with Crippen molar-refractivity contribution in [1.82, 2.24) is 29.9 Å². The summed E-state index contributed by atoms with van der Waals surface area (Å²) < 4.78 is 0. The molecular formula is C6H4MgN6O6. The van der Waals surface area contributed by atoms with Crippen LogP contribution in [-0.4, -0.2) is 53.0 Å². The molecular weight excluding hydrogens is 276 g/mol. The van der Waals surface area contributed by atoms with Gasteiger partial charge in [-0.05, 0) is 0 Å². The zero-order valence-corrected chi connectivity index (χ0v) is 10.5. The van der Waals surface area contributed by atoms with Crippen LogP contribution < -0.4 is 33.0 Å². The van der Waals surface area contributed by atoms with Gasteiger partial charge in [0.1, 0.15) is 0 Å². The van der Waals surface area contributed by atoms with Gasteiger partial charge in [-0.2, -0.15) is 4.98 Å². The van der Waals surface area contributed by atoms with E-state index in [1.165, 1.54) is 0 Å². The molecule has 0 amide bonds. The molecule has 2 aromatic rings. The Morgan fingerprint density at radius 3 is 1.47 bits per heavy atom. The summed E-state index contributed by atoms with van der Waals surface area (Å²) in [5.41, 5.74) is -3.36. The summed E-state index contributed by atoms with van der Waals surface area (Å²) in [6, 6.07) is -2.01. The van der Waals surface area contributed by atoms with Crippen molar-refractivity contribution in [3.63, 3.8) is 0 Å². The summed E-state index contributed by atoms with van der Waals surface area (Å²) in [6.45, 7) is 0. The minimum Gasteiger partial charge on any atom is -0.846 e. The van der Waals surface area contributed by atoms with Crippen LogP contribution in [0.4, 0.5) is 0 Å². The second-order valence-corrected chi connectivity index (χ2v) is 2.60. The van der Waals surface area contributed by atoms with Crippen LogP contribution in [0.1, 0.15) is 0 Å². The van der Waals surface area contributed by atoms with Crippen molar-refractivity contribution < 1.29 is 10.2 Å². The van der Waals surface area contributed by atoms with Gasteiger partial charge in [0, 0.05) is 0 Å². The normalized spacial score (nSPS) is 8.84. The topological polar surface area (TPSA) is 203 Å². The molecule has 0 spiro atoms. The summed E-state index contributed by atoms with van der Waals surface area (Å²) >= 11 is 0. The molecule has 0 atom stereocenters. The van der Waals surface area contributed by atoms with E-state index in [1.807, 2.05) is 0 Å². The maximum atomic E-state index is 10.2. The molecule has 96 valence electrons. The van der Waals surface area contributed by atoms with Gasteiger partial charge in [0.25, 0.3) is 0 Å². The smallest absolute Gasteiger partial charge is 0.846 e. The first kappa shape index (κ1) is 16.6. The van der Waals surface area contributed by atoms with Crippen LogP contribution in [0.2, 0.25) is 0 Å². The van der Waals surface area contributed by atoms with Crippen LogP contribution in [0.25, 0.3) is 0 Å². The van der Waals surface area contributed by atoms with E-state index in [4.69, 9.17) is 0 Å². The van der Waals surface area contributed by atoms with Gasteiger partial charge in [0.05, 0.1) is 12.0 Å². The first-order chi connectivity index (χ1) is 8.36. The third-order valence-corrected chi connectivity index (χ3v) is 1.29. The summed E-state index contributed by atoms with van der Waals surface area (Å²) in [7, 11) is 0. The predicted octanol–water partition coefficient (Wildman–Crippen LogP) is -5.32. The SMILES string of the molecule is O=c1[nH]c(=O)[nH]c(=O)[nH]1.O=c1nc([O-])nc([O-])[nH]1.[Mg+2]. The third-order valence-electron chi connectivity index (χ3n) is 1.29. The molecule has 2 aromatic heterocycles. The minimum atomic E-state index is -1.05. The molecule has 0 aliphatic carbocycles. The molecule has 0 aromatic carbocycles. The van der Waals surface area contributed by atoms with Crippen LogP contribution in [0.3, 0.4) is 0 Å². The number of rotatable bonds is 0. The summed E-state index contributed by atoms with van der Waals surface area (Å²) in [4.78, 5) is 53.2. The van der Waals surface area contributed by atoms with Crippen molar-refractivity contribution >= 4 is 23.1 Å². The molecule has 0 radical (unpaired) electrons. The Hall–Kier alpha value is -2.41. The first-order valence-electron chi connectivity index (χ1n) is 4.12. The molecule has 0 unspecified atom stereocenters. The maximum Gasteiger partial charge on any atom is 2.00 e. The van der Waals surface area contributed by atoms with E-state index in [-0.39, 0.29) is 23.1 Å². The maximum absolute atomic E-state index is 10.2. The van der Waals surface area contributed by atoms with E-state index >= 15 is 0 Å². The zero-order valence-electron chi connectivity index (χ0n) is 9.05. The summed E-state index contributed by atoms with van der Waals surface area (Å²) in [5, 5.41) is 20.2. The van der Waals surface area contributed by atoms with Crippen molar-refractivity contribution in [1.29, 1.82) is 0 Å². The van der Waals surface area contributed by atoms with Crippen LogP contribution >= 0.6 is 0 Å². The third kappa shape index (κ3) is 6.17. The Balaban J connectivity index is 0.000000324. The van der Waals surface area contributed by atoms with Crippen molar-refractivity contribution in [2.45, 2.75) is 0 Å². The molecule has 19 heavy (non-hydrogen) atoms. The first-order valence-corrected chi connectivity index (χ1v) is 4.12. The Morgan fingerprint density at radius 1 is 0.737 bits per heavy atom. The van der Waals surface area contributed by atoms with Gasteiger partial charge in [0.15, 0.2) is 0 Å². The number of aromatic nitrogens is 6. The Labute approximate surface area is 117 Å². The van der Waals surface area contributed by atoms with E-state index in [2.05, 4.69) is 9.97 Å². The van der Waals surface area contributed by atoms with Gasteiger partial charge in [-0.15, -0.1) is 0 Å². The number of nitrogens with zero attached hydrogens (tertiary/aromatic N) is 2. The standard InChI is InChI=1S/2C3H3N3O3.Mg/c2*7-1-4-2(8)6-3(9)5-1;/h2*(H3,4,5,6,7,8,9);/q;;+2/p-2. The second kappa shape index (κ2) is 7.12. The number of nitrogens with one attached hydrogen (secondary N) is 4. The fourth-order valence-corrected chi connectivity index (χ4v) is 0.749. The van der Waals surface area contributed by atoms with Crippen molar-refractivity contribution in [3.05, 3.63) is 41.9 Å². The fraction of sp³-hybridized carbons (Fsp3) is 0. The Bertz CT molecular complexity index is 656. The van der Waals surface area contributed by atoms with Gasteiger partial charge in [-0.1, -0.05) is 0 Å². The average molecular weight is 280 g/mol. The molecule has 0 saturated heterocycles. The van der Waals surface area contributed by atoms with Crippen LogP contribution in [0.5, 0.6) is 12.0 Å². The molecule has 12 nitrogen and oxygen atoms in total. The quantitative estimate of drug-likeness (QED) is 0.342. The van der Waals surface area contributed by atoms with Gasteiger partial charge < -0.3 is 15.2 Å². The van der Waals surface area contributed by atoms with Crippen molar-refractivity contribution in [2.24, 2.45) is 0 Å². The van der Waals surface area contributed by atoms with Crippen LogP contribution in [0, 0.1) is 0 Å². The van der Waals surface area contributed by atoms with Gasteiger partial charge >= 0.3 is 45.8 Å². The average Bonchev–Trinajstić information content (AvgIpc) is 2.12. The summed E-state index contributed by atoms with van der Waals surface area (Å²) in [6.07, 6.45) is 0. The molecule has 4 N–H and O–H groups in total. The second-order valence-electron chi connectivity index (χ2n) is 2.60. The van der Waals surface area contributed by atoms with Crippen molar-refractivity contribution in [2.75, 3.05) is 0 Å². The van der Waals surface area contributed by atoms with E-state index in [9.17, 15) is 29.4 Å². The summed E-state index contributed by atoms with van der Waals surface area (Å²) in [5.74, 6) is 0. The van der Waals surface area contributed by atoms with E-state index in [0.29, 0.717) is 0 Å². The minimum absolute atomic E-state index is 0. The molecule has 13 heteroatoms. The van der Waals surface area contributed by atoms with Crippen LogP contribution in [-0.2, 0) is 0 Å². The number of aromatic amines is 4. The van der Waals surface area contributed by atoms with Gasteiger partial charge in [-0.3, -0.25) is 15.0 Å². The zero-order chi connectivity index (χ0) is 13.7. The Kier molecular flexibility index (Phi) is 6.21. The van der Waals surface area contributed by atoms with Gasteiger partial charge in [-0.25, -0.2) is 24.2 Å². The van der Waals surface area contributed by atoms with E-state index < -0.39 is 34.8 Å². The van der Waals surface area contributed by atoms with Crippen LogP contribution in [0.15, 0.2) is 19.2 Å². The predicted molar refractivity (Wildman–Crippen MR) is 55.6 cm³/mol. The molecule has 2 heterocycles. The largest absolute Gasteiger partial charge is 2.00 e. The van der Waals surface area contributed by atoms with E-state index in [0.717, 1.165) is 0 Å². The van der Waals surface area contributed by atoms with E-state index in [1.54, 1.807) is 19.9 Å². The molecule has 0 aliphatic rings.